The molecule has 0 saturated heterocycles. The van der Waals surface area contributed by atoms with E-state index in [1.165, 1.54) is 0 Å². The third-order valence-corrected chi connectivity index (χ3v) is 3.31. The fourth-order valence-electron chi connectivity index (χ4n) is 1.81. The Morgan fingerprint density at radius 2 is 1.89 bits per heavy atom. The smallest absolute Gasteiger partial charge is 0.124 e. The standard InChI is InChI=1S/C15H16BrNO/c1-11(12-5-3-2-4-6-12)18-15-8-7-14(16)9-13(15)10-17/h2-9,11H,10,17H2,1H3. The zero-order valence-corrected chi connectivity index (χ0v) is 11.9. The predicted octanol–water partition coefficient (Wildman–Crippen LogP) is 4.05. The van der Waals surface area contributed by atoms with Crippen molar-refractivity contribution in [2.75, 3.05) is 0 Å². The van der Waals surface area contributed by atoms with Crippen molar-refractivity contribution in [3.05, 3.63) is 64.1 Å². The van der Waals surface area contributed by atoms with E-state index < -0.39 is 0 Å². The summed E-state index contributed by atoms with van der Waals surface area (Å²) in [5.74, 6) is 0.844. The number of benzene rings is 2. The third-order valence-electron chi connectivity index (χ3n) is 2.82. The van der Waals surface area contributed by atoms with Crippen molar-refractivity contribution in [1.29, 1.82) is 0 Å². The molecule has 0 amide bonds. The SMILES string of the molecule is CC(Oc1ccc(Br)cc1CN)c1ccccc1. The van der Waals surface area contributed by atoms with Gasteiger partial charge in [-0.15, -0.1) is 0 Å². The molecule has 0 fully saturated rings. The summed E-state index contributed by atoms with van der Waals surface area (Å²) >= 11 is 3.44. The van der Waals surface area contributed by atoms with Gasteiger partial charge in [-0.2, -0.15) is 0 Å². The Hall–Kier alpha value is -1.32. The summed E-state index contributed by atoms with van der Waals surface area (Å²) in [5, 5.41) is 0. The molecule has 0 bridgehead atoms. The Bertz CT molecular complexity index is 513. The van der Waals surface area contributed by atoms with Gasteiger partial charge in [0, 0.05) is 16.6 Å². The van der Waals surface area contributed by atoms with Crippen LogP contribution in [0.15, 0.2) is 53.0 Å². The van der Waals surface area contributed by atoms with Gasteiger partial charge in [0.1, 0.15) is 11.9 Å². The minimum absolute atomic E-state index is 0.0117. The molecule has 2 N–H and O–H groups in total. The van der Waals surface area contributed by atoms with Crippen molar-refractivity contribution < 1.29 is 4.74 Å². The number of hydrogen-bond acceptors (Lipinski definition) is 2. The van der Waals surface area contributed by atoms with E-state index in [9.17, 15) is 0 Å². The quantitative estimate of drug-likeness (QED) is 0.925. The van der Waals surface area contributed by atoms with E-state index in [1.54, 1.807) is 0 Å². The molecule has 2 nitrogen and oxygen atoms in total. The molecule has 0 aliphatic rings. The van der Waals surface area contributed by atoms with Crippen molar-refractivity contribution in [2.45, 2.75) is 19.6 Å². The molecule has 0 radical (unpaired) electrons. The Labute approximate surface area is 116 Å². The highest BCUT2D eigenvalue weighted by Gasteiger charge is 2.09. The van der Waals surface area contributed by atoms with Crippen LogP contribution in [0.2, 0.25) is 0 Å². The van der Waals surface area contributed by atoms with Gasteiger partial charge in [-0.05, 0) is 30.7 Å². The lowest BCUT2D eigenvalue weighted by atomic mass is 10.1. The zero-order valence-electron chi connectivity index (χ0n) is 10.3. The summed E-state index contributed by atoms with van der Waals surface area (Å²) in [6, 6.07) is 16.1. The molecule has 0 saturated carbocycles. The number of halogens is 1. The van der Waals surface area contributed by atoms with E-state index >= 15 is 0 Å². The van der Waals surface area contributed by atoms with Crippen LogP contribution in [0.1, 0.15) is 24.2 Å². The zero-order chi connectivity index (χ0) is 13.0. The van der Waals surface area contributed by atoms with E-state index in [2.05, 4.69) is 28.1 Å². The Balaban J connectivity index is 2.19. The van der Waals surface area contributed by atoms with E-state index in [0.717, 1.165) is 21.3 Å². The fourth-order valence-corrected chi connectivity index (χ4v) is 2.21. The highest BCUT2D eigenvalue weighted by atomic mass is 79.9. The average Bonchev–Trinajstić information content (AvgIpc) is 2.41. The van der Waals surface area contributed by atoms with Crippen LogP contribution in [-0.2, 0) is 6.54 Å². The minimum atomic E-state index is 0.0117. The maximum atomic E-state index is 5.98. The van der Waals surface area contributed by atoms with Crippen LogP contribution in [-0.4, -0.2) is 0 Å². The van der Waals surface area contributed by atoms with Crippen LogP contribution in [0.5, 0.6) is 5.75 Å². The lowest BCUT2D eigenvalue weighted by molar-refractivity contribution is 0.224. The molecule has 0 aliphatic carbocycles. The maximum Gasteiger partial charge on any atom is 0.124 e. The lowest BCUT2D eigenvalue weighted by Crippen LogP contribution is -2.06. The van der Waals surface area contributed by atoms with Crippen molar-refractivity contribution in [3.8, 4) is 5.75 Å². The molecule has 94 valence electrons. The van der Waals surface area contributed by atoms with E-state index in [0.29, 0.717) is 6.54 Å². The normalized spacial score (nSPS) is 12.2. The summed E-state index contributed by atoms with van der Waals surface area (Å²) in [5.41, 5.74) is 7.90. The molecule has 0 spiro atoms. The lowest BCUT2D eigenvalue weighted by Gasteiger charge is -2.17. The molecule has 2 aromatic carbocycles. The molecular formula is C15H16BrNO. The summed E-state index contributed by atoms with van der Waals surface area (Å²) in [7, 11) is 0. The van der Waals surface area contributed by atoms with Crippen LogP contribution < -0.4 is 10.5 Å². The number of nitrogens with two attached hydrogens (primary N) is 1. The Morgan fingerprint density at radius 1 is 1.17 bits per heavy atom. The fraction of sp³-hybridized carbons (Fsp3) is 0.200. The first-order chi connectivity index (χ1) is 8.70. The molecule has 0 heterocycles. The number of hydrogen-bond donors (Lipinski definition) is 1. The second kappa shape index (κ2) is 6.03. The van der Waals surface area contributed by atoms with Crippen LogP contribution >= 0.6 is 15.9 Å². The Kier molecular flexibility index (Phi) is 4.39. The average molecular weight is 306 g/mol. The molecule has 0 aromatic heterocycles. The van der Waals surface area contributed by atoms with Crippen LogP contribution in [0.4, 0.5) is 0 Å². The minimum Gasteiger partial charge on any atom is -0.486 e. The van der Waals surface area contributed by atoms with E-state index in [-0.39, 0.29) is 6.10 Å². The maximum absolute atomic E-state index is 5.98. The summed E-state index contributed by atoms with van der Waals surface area (Å²) in [4.78, 5) is 0. The second-order valence-corrected chi connectivity index (χ2v) is 5.04. The van der Waals surface area contributed by atoms with Gasteiger partial charge < -0.3 is 10.5 Å². The van der Waals surface area contributed by atoms with Gasteiger partial charge in [-0.25, -0.2) is 0 Å². The monoisotopic (exact) mass is 305 g/mol. The largest absolute Gasteiger partial charge is 0.486 e. The van der Waals surface area contributed by atoms with Gasteiger partial charge in [0.25, 0.3) is 0 Å². The Morgan fingerprint density at radius 3 is 2.56 bits per heavy atom. The molecule has 1 unspecified atom stereocenters. The first kappa shape index (κ1) is 13.1. The molecule has 1 atom stereocenters. The molecular weight excluding hydrogens is 290 g/mol. The van der Waals surface area contributed by atoms with E-state index in [4.69, 9.17) is 10.5 Å². The van der Waals surface area contributed by atoms with E-state index in [1.807, 2.05) is 43.3 Å². The van der Waals surface area contributed by atoms with Crippen LogP contribution in [0.3, 0.4) is 0 Å². The topological polar surface area (TPSA) is 35.2 Å². The highest BCUT2D eigenvalue weighted by Crippen LogP contribution is 2.27. The van der Waals surface area contributed by atoms with Crippen LogP contribution in [0.25, 0.3) is 0 Å². The first-order valence-electron chi connectivity index (χ1n) is 5.91. The molecule has 3 heteroatoms. The van der Waals surface area contributed by atoms with Gasteiger partial charge in [-0.3, -0.25) is 0 Å². The highest BCUT2D eigenvalue weighted by molar-refractivity contribution is 9.10. The van der Waals surface area contributed by atoms with Crippen molar-refractivity contribution in [1.82, 2.24) is 0 Å². The van der Waals surface area contributed by atoms with Gasteiger partial charge in [0.05, 0.1) is 0 Å². The van der Waals surface area contributed by atoms with Gasteiger partial charge in [0.2, 0.25) is 0 Å². The van der Waals surface area contributed by atoms with Crippen LogP contribution in [0, 0.1) is 0 Å². The number of ether oxygens (including phenoxy) is 1. The van der Waals surface area contributed by atoms with Crippen molar-refractivity contribution in [2.24, 2.45) is 5.73 Å². The van der Waals surface area contributed by atoms with Gasteiger partial charge in [-0.1, -0.05) is 46.3 Å². The number of rotatable bonds is 4. The molecule has 0 aliphatic heterocycles. The van der Waals surface area contributed by atoms with Gasteiger partial charge >= 0.3 is 0 Å². The summed E-state index contributed by atoms with van der Waals surface area (Å²) in [6.45, 7) is 2.51. The third kappa shape index (κ3) is 3.12. The molecule has 2 rings (SSSR count). The molecule has 18 heavy (non-hydrogen) atoms. The predicted molar refractivity (Wildman–Crippen MR) is 77.5 cm³/mol. The summed E-state index contributed by atoms with van der Waals surface area (Å²) < 4.78 is 6.99. The second-order valence-electron chi connectivity index (χ2n) is 4.13. The van der Waals surface area contributed by atoms with Crippen molar-refractivity contribution >= 4 is 15.9 Å². The summed E-state index contributed by atoms with van der Waals surface area (Å²) in [6.07, 6.45) is 0.0117. The van der Waals surface area contributed by atoms with Gasteiger partial charge in [0.15, 0.2) is 0 Å². The van der Waals surface area contributed by atoms with Crippen molar-refractivity contribution in [3.63, 3.8) is 0 Å². The molecule has 2 aromatic rings. The first-order valence-corrected chi connectivity index (χ1v) is 6.70.